The van der Waals surface area contributed by atoms with E-state index in [0.717, 1.165) is 5.69 Å². The topological polar surface area (TPSA) is 134 Å². The molecule has 0 aliphatic carbocycles. The fourth-order valence-corrected chi connectivity index (χ4v) is 7.15. The van der Waals surface area contributed by atoms with Gasteiger partial charge >= 0.3 is 11.9 Å². The van der Waals surface area contributed by atoms with E-state index in [0.29, 0.717) is 28.6 Å². The summed E-state index contributed by atoms with van der Waals surface area (Å²) >= 11 is 6.53. The Labute approximate surface area is 215 Å². The first-order chi connectivity index (χ1) is 16.7. The number of thioether (sulfide) groups is 2. The van der Waals surface area contributed by atoms with Crippen molar-refractivity contribution in [2.45, 2.75) is 41.3 Å². The molecule has 4 heterocycles. The summed E-state index contributed by atoms with van der Waals surface area (Å²) in [6, 6.07) is 5.67. The molecular weight excluding hydrogens is 564 g/mol. The zero-order valence-corrected chi connectivity index (χ0v) is 21.4. The predicted octanol–water partition coefficient (Wildman–Crippen LogP) is 3.10. The zero-order chi connectivity index (χ0) is 24.9. The van der Waals surface area contributed by atoms with Crippen molar-refractivity contribution < 1.29 is 28.8 Å². The quantitative estimate of drug-likeness (QED) is 0.158. The van der Waals surface area contributed by atoms with Crippen molar-refractivity contribution in [1.82, 2.24) is 14.7 Å². The van der Waals surface area contributed by atoms with Crippen LogP contribution < -0.4 is 4.74 Å². The Morgan fingerprint density at radius 2 is 2.09 bits per heavy atom. The molecule has 0 N–H and O–H groups in total. The lowest BCUT2D eigenvalue weighted by Crippen LogP contribution is -2.68. The molecule has 14 heteroatoms. The monoisotopic (exact) mass is 580 g/mol. The molecule has 1 fully saturated rings. The van der Waals surface area contributed by atoms with Gasteiger partial charge in [-0.25, -0.2) is 4.79 Å². The molecule has 1 aromatic heterocycles. The van der Waals surface area contributed by atoms with Crippen LogP contribution in [-0.2, 0) is 43.8 Å². The molecule has 2 aromatic rings. The molecule has 3 aliphatic rings. The summed E-state index contributed by atoms with van der Waals surface area (Å²) in [7, 11) is 0. The number of benzene rings is 1. The highest BCUT2D eigenvalue weighted by Crippen LogP contribution is 2.54. The normalized spacial score (nSPS) is 22.2. The van der Waals surface area contributed by atoms with Crippen LogP contribution in [0.1, 0.15) is 23.9 Å². The van der Waals surface area contributed by atoms with Gasteiger partial charge in [0.15, 0.2) is 5.75 Å². The number of fused-ring (bicyclic) bond motifs is 2. The summed E-state index contributed by atoms with van der Waals surface area (Å²) in [5.74, 6) is 0.256. The maximum atomic E-state index is 13.2. The number of amides is 1. The maximum absolute atomic E-state index is 13.2. The van der Waals surface area contributed by atoms with Gasteiger partial charge in [0.25, 0.3) is 5.69 Å². The first kappa shape index (κ1) is 23.9. The lowest BCUT2D eigenvalue weighted by molar-refractivity contribution is -0.384. The van der Waals surface area contributed by atoms with Gasteiger partial charge in [0.1, 0.15) is 27.7 Å². The van der Waals surface area contributed by atoms with Crippen molar-refractivity contribution in [1.29, 1.82) is 0 Å². The number of ether oxygens (including phenoxy) is 2. The molecule has 0 radical (unpaired) electrons. The number of nitrogens with zero attached hydrogens (tertiary/aromatic N) is 4. The number of carbonyl (C=O) groups is 3. The minimum atomic E-state index is -1.02. The van der Waals surface area contributed by atoms with Crippen molar-refractivity contribution in [3.05, 3.63) is 62.4 Å². The maximum Gasteiger partial charge on any atom is 0.355 e. The zero-order valence-electron chi connectivity index (χ0n) is 18.1. The van der Waals surface area contributed by atoms with E-state index in [-0.39, 0.29) is 30.3 Å². The standard InChI is InChI=1S/C21H17BrN4O7S2/c1-11(27)33-17-14(23-24-10-34-8-15(17)24)6-21(22)19(29)25-16(9-35-20(21)25)18(28)32-7-12-2-4-13(5-3-12)26(30)31/h2-5,9,20H,6-8,10H2,1H3/t20-,21?/m1/s1. The predicted molar refractivity (Wildman–Crippen MR) is 129 cm³/mol. The highest BCUT2D eigenvalue weighted by molar-refractivity contribution is 9.10. The second kappa shape index (κ2) is 8.99. The number of nitro groups is 1. The van der Waals surface area contributed by atoms with Crippen molar-refractivity contribution in [3.8, 4) is 5.75 Å². The molecule has 0 bridgehead atoms. The highest BCUT2D eigenvalue weighted by Gasteiger charge is 2.64. The van der Waals surface area contributed by atoms with Crippen LogP contribution in [0.4, 0.5) is 5.69 Å². The average Bonchev–Trinajstić information content (AvgIpc) is 3.53. The number of halogens is 1. The van der Waals surface area contributed by atoms with Crippen LogP contribution in [-0.4, -0.2) is 47.1 Å². The Kier molecular flexibility index (Phi) is 6.13. The van der Waals surface area contributed by atoms with E-state index >= 15 is 0 Å². The second-order valence-electron chi connectivity index (χ2n) is 8.00. The van der Waals surface area contributed by atoms with Crippen LogP contribution in [0.3, 0.4) is 0 Å². The van der Waals surface area contributed by atoms with Crippen molar-refractivity contribution >= 4 is 63.0 Å². The van der Waals surface area contributed by atoms with Crippen molar-refractivity contribution in [2.75, 3.05) is 0 Å². The van der Waals surface area contributed by atoms with Gasteiger partial charge in [-0.05, 0) is 17.7 Å². The van der Waals surface area contributed by atoms with Gasteiger partial charge in [0, 0.05) is 36.6 Å². The second-order valence-corrected chi connectivity index (χ2v) is 11.3. The van der Waals surface area contributed by atoms with Gasteiger partial charge in [0.2, 0.25) is 5.91 Å². The largest absolute Gasteiger partial charge is 0.456 e. The van der Waals surface area contributed by atoms with Gasteiger partial charge in [-0.3, -0.25) is 29.3 Å². The number of non-ortho nitro benzene ring substituents is 1. The fourth-order valence-electron chi connectivity index (χ4n) is 4.02. The Hall–Kier alpha value is -2.84. The summed E-state index contributed by atoms with van der Waals surface area (Å²) in [6.07, 6.45) is 0.187. The summed E-state index contributed by atoms with van der Waals surface area (Å²) in [5.41, 5.74) is 1.98. The number of β-lactam (4-membered cyclic amide) rings is 1. The Morgan fingerprint density at radius 1 is 1.34 bits per heavy atom. The van der Waals surface area contributed by atoms with Crippen LogP contribution in [0.5, 0.6) is 5.75 Å². The summed E-state index contributed by atoms with van der Waals surface area (Å²) in [5, 5.41) is 16.5. The fraction of sp³-hybridized carbons (Fsp3) is 0.333. The number of alkyl halides is 1. The van der Waals surface area contributed by atoms with Crippen LogP contribution in [0, 0.1) is 10.1 Å². The van der Waals surface area contributed by atoms with E-state index in [2.05, 4.69) is 21.0 Å². The van der Waals surface area contributed by atoms with Gasteiger partial charge in [0.05, 0.1) is 16.5 Å². The third-order valence-electron chi connectivity index (χ3n) is 5.69. The summed E-state index contributed by atoms with van der Waals surface area (Å²) in [4.78, 5) is 49.1. The number of esters is 2. The Bertz CT molecular complexity index is 1300. The van der Waals surface area contributed by atoms with E-state index in [4.69, 9.17) is 9.47 Å². The number of hydrogen-bond donors (Lipinski definition) is 0. The minimum Gasteiger partial charge on any atom is -0.456 e. The number of hydrogen-bond acceptors (Lipinski definition) is 10. The van der Waals surface area contributed by atoms with Crippen LogP contribution in [0.25, 0.3) is 0 Å². The number of nitro benzene ring substituents is 1. The third-order valence-corrected chi connectivity index (χ3v) is 9.19. The minimum absolute atomic E-state index is 0.0591. The van der Waals surface area contributed by atoms with Crippen LogP contribution >= 0.6 is 39.5 Å². The van der Waals surface area contributed by atoms with E-state index < -0.39 is 26.6 Å². The molecule has 1 unspecified atom stereocenters. The molecule has 1 saturated heterocycles. The smallest absolute Gasteiger partial charge is 0.355 e. The highest BCUT2D eigenvalue weighted by atomic mass is 79.9. The van der Waals surface area contributed by atoms with Crippen LogP contribution in [0.2, 0.25) is 0 Å². The first-order valence-electron chi connectivity index (χ1n) is 10.3. The molecule has 35 heavy (non-hydrogen) atoms. The van der Waals surface area contributed by atoms with E-state index in [1.165, 1.54) is 47.9 Å². The molecule has 11 nitrogen and oxygen atoms in total. The molecule has 0 saturated carbocycles. The third kappa shape index (κ3) is 4.12. The molecule has 1 amide bonds. The van der Waals surface area contributed by atoms with Gasteiger partial charge in [-0.1, -0.05) is 15.9 Å². The Balaban J connectivity index is 1.26. The molecule has 3 aliphatic heterocycles. The van der Waals surface area contributed by atoms with Gasteiger partial charge < -0.3 is 9.47 Å². The van der Waals surface area contributed by atoms with Gasteiger partial charge in [-0.2, -0.15) is 5.10 Å². The van der Waals surface area contributed by atoms with Crippen LogP contribution in [0.15, 0.2) is 35.4 Å². The average molecular weight is 581 g/mol. The lowest BCUT2D eigenvalue weighted by atomic mass is 9.91. The molecule has 2 atom stereocenters. The van der Waals surface area contributed by atoms with Gasteiger partial charge in [-0.15, -0.1) is 23.5 Å². The molecule has 5 rings (SSSR count). The SMILES string of the molecule is CC(=O)Oc1c(CC2(Br)C(=O)N3C(C(=O)OCc4ccc([N+](=O)[O-])cc4)=CS[C@@H]32)nn2c1CSC2. The van der Waals surface area contributed by atoms with Crippen molar-refractivity contribution in [3.63, 3.8) is 0 Å². The number of rotatable bonds is 7. The van der Waals surface area contributed by atoms with Crippen molar-refractivity contribution in [2.24, 2.45) is 0 Å². The van der Waals surface area contributed by atoms with E-state index in [9.17, 15) is 24.5 Å². The number of aromatic nitrogens is 2. The van der Waals surface area contributed by atoms with E-state index in [1.54, 1.807) is 21.9 Å². The van der Waals surface area contributed by atoms with E-state index in [1.807, 2.05) is 0 Å². The molecular formula is C21H17BrN4O7S2. The Morgan fingerprint density at radius 3 is 2.77 bits per heavy atom. The summed E-state index contributed by atoms with van der Waals surface area (Å²) < 4.78 is 11.5. The molecule has 182 valence electrons. The first-order valence-corrected chi connectivity index (χ1v) is 13.2. The molecule has 1 aromatic carbocycles. The molecule has 0 spiro atoms. The summed E-state index contributed by atoms with van der Waals surface area (Å²) in [6.45, 7) is 1.23. The lowest BCUT2D eigenvalue weighted by Gasteiger charge is -2.48. The number of carbonyl (C=O) groups excluding carboxylic acids is 3.